The summed E-state index contributed by atoms with van der Waals surface area (Å²) in [6.07, 6.45) is 1.77. The molecule has 0 aliphatic carbocycles. The fourth-order valence-electron chi connectivity index (χ4n) is 2.33. The third-order valence-corrected chi connectivity index (χ3v) is 3.95. The molecule has 1 aliphatic heterocycles. The lowest BCUT2D eigenvalue weighted by molar-refractivity contribution is -0.162. The number of piperidine rings is 1. The lowest BCUT2D eigenvalue weighted by atomic mass is 9.91. The molecule has 0 radical (unpaired) electrons. The van der Waals surface area contributed by atoms with Crippen LogP contribution in [0.1, 0.15) is 48.7 Å². The monoisotopic (exact) mass is 292 g/mol. The van der Waals surface area contributed by atoms with Crippen molar-refractivity contribution in [1.82, 2.24) is 9.88 Å². The maximum atomic E-state index is 12.3. The Hall–Kier alpha value is -1.95. The third kappa shape index (κ3) is 3.21. The molecule has 0 unspecified atom stereocenters. The quantitative estimate of drug-likeness (QED) is 0.875. The minimum absolute atomic E-state index is 0.0398. The van der Waals surface area contributed by atoms with Crippen LogP contribution in [-0.2, 0) is 4.79 Å². The Kier molecular flexibility index (Phi) is 4.27. The van der Waals surface area contributed by atoms with Crippen LogP contribution in [0.15, 0.2) is 18.3 Å². The Labute approximate surface area is 123 Å². The summed E-state index contributed by atoms with van der Waals surface area (Å²) in [7, 11) is 0. The Balaban J connectivity index is 2.03. The predicted molar refractivity (Wildman–Crippen MR) is 76.0 cm³/mol. The summed E-state index contributed by atoms with van der Waals surface area (Å²) in [5, 5.41) is 18.8. The summed E-state index contributed by atoms with van der Waals surface area (Å²) >= 11 is 0. The molecule has 6 heteroatoms. The van der Waals surface area contributed by atoms with E-state index in [-0.39, 0.29) is 31.8 Å². The zero-order valence-corrected chi connectivity index (χ0v) is 12.2. The van der Waals surface area contributed by atoms with Gasteiger partial charge >= 0.3 is 5.97 Å². The Morgan fingerprint density at radius 2 is 1.90 bits per heavy atom. The van der Waals surface area contributed by atoms with Crippen molar-refractivity contribution in [3.63, 3.8) is 0 Å². The van der Waals surface area contributed by atoms with Gasteiger partial charge in [0.25, 0.3) is 5.91 Å². The van der Waals surface area contributed by atoms with Crippen LogP contribution in [0.25, 0.3) is 0 Å². The number of carbonyl (C=O) groups is 2. The van der Waals surface area contributed by atoms with Crippen LogP contribution in [0.5, 0.6) is 0 Å². The molecule has 0 bridgehead atoms. The van der Waals surface area contributed by atoms with Gasteiger partial charge in [-0.05, 0) is 17.5 Å². The van der Waals surface area contributed by atoms with E-state index >= 15 is 0 Å². The fourth-order valence-corrected chi connectivity index (χ4v) is 2.33. The van der Waals surface area contributed by atoms with Gasteiger partial charge in [-0.25, -0.2) is 4.79 Å². The van der Waals surface area contributed by atoms with Gasteiger partial charge in [-0.1, -0.05) is 19.9 Å². The maximum Gasteiger partial charge on any atom is 0.335 e. The minimum atomic E-state index is -1.72. The van der Waals surface area contributed by atoms with E-state index < -0.39 is 11.6 Å². The number of carboxylic acids is 1. The molecule has 2 N–H and O–H groups in total. The number of hydrogen-bond acceptors (Lipinski definition) is 4. The number of nitrogens with zero attached hydrogens (tertiary/aromatic N) is 2. The molecule has 2 rings (SSSR count). The minimum Gasteiger partial charge on any atom is -0.479 e. The first-order valence-corrected chi connectivity index (χ1v) is 7.04. The van der Waals surface area contributed by atoms with Crippen molar-refractivity contribution in [2.75, 3.05) is 13.1 Å². The largest absolute Gasteiger partial charge is 0.479 e. The van der Waals surface area contributed by atoms with E-state index in [1.54, 1.807) is 12.3 Å². The van der Waals surface area contributed by atoms with Crippen molar-refractivity contribution >= 4 is 11.9 Å². The second kappa shape index (κ2) is 5.81. The van der Waals surface area contributed by atoms with Gasteiger partial charge in [0.05, 0.1) is 0 Å². The van der Waals surface area contributed by atoms with E-state index in [0.717, 1.165) is 5.56 Å². The fraction of sp³-hybridized carbons (Fsp3) is 0.533. The molecule has 0 atom stereocenters. The number of hydrogen-bond donors (Lipinski definition) is 2. The zero-order chi connectivity index (χ0) is 15.6. The number of likely N-dealkylation sites (tertiary alicyclic amines) is 1. The zero-order valence-electron chi connectivity index (χ0n) is 12.2. The topological polar surface area (TPSA) is 90.7 Å². The van der Waals surface area contributed by atoms with Crippen molar-refractivity contribution < 1.29 is 19.8 Å². The predicted octanol–water partition coefficient (Wildman–Crippen LogP) is 1.26. The standard InChI is InChI=1S/C15H20N2O4/c1-10(2)11-3-4-12(16-9-11)13(18)17-7-5-15(21,6-8-17)14(19)20/h3-4,9-10,21H,5-8H2,1-2H3,(H,19,20). The lowest BCUT2D eigenvalue weighted by Gasteiger charge is -2.35. The molecular formula is C15H20N2O4. The summed E-state index contributed by atoms with van der Waals surface area (Å²) in [6.45, 7) is 4.54. The number of pyridine rings is 1. The molecule has 114 valence electrons. The van der Waals surface area contributed by atoms with E-state index in [0.29, 0.717) is 11.6 Å². The first-order valence-electron chi connectivity index (χ1n) is 7.04. The van der Waals surface area contributed by atoms with Crippen LogP contribution < -0.4 is 0 Å². The highest BCUT2D eigenvalue weighted by Gasteiger charge is 2.40. The SMILES string of the molecule is CC(C)c1ccc(C(=O)N2CCC(O)(C(=O)O)CC2)nc1. The first kappa shape index (κ1) is 15.4. The average Bonchev–Trinajstić information content (AvgIpc) is 2.47. The molecule has 0 spiro atoms. The van der Waals surface area contributed by atoms with Gasteiger partial charge in [-0.3, -0.25) is 9.78 Å². The molecule has 1 aliphatic rings. The highest BCUT2D eigenvalue weighted by Crippen LogP contribution is 2.23. The van der Waals surface area contributed by atoms with E-state index in [9.17, 15) is 14.7 Å². The molecule has 1 fully saturated rings. The van der Waals surface area contributed by atoms with Gasteiger partial charge < -0.3 is 15.1 Å². The van der Waals surface area contributed by atoms with E-state index in [1.807, 2.05) is 6.07 Å². The van der Waals surface area contributed by atoms with Gasteiger partial charge in [0.15, 0.2) is 5.60 Å². The van der Waals surface area contributed by atoms with Crippen molar-refractivity contribution in [2.45, 2.75) is 38.2 Å². The number of carboxylic acid groups (broad SMARTS) is 1. The third-order valence-electron chi connectivity index (χ3n) is 3.95. The molecular weight excluding hydrogens is 272 g/mol. The van der Waals surface area contributed by atoms with Gasteiger partial charge in [-0.15, -0.1) is 0 Å². The number of carbonyl (C=O) groups excluding carboxylic acids is 1. The number of aliphatic carboxylic acids is 1. The number of aromatic nitrogens is 1. The van der Waals surface area contributed by atoms with E-state index in [1.165, 1.54) is 4.90 Å². The lowest BCUT2D eigenvalue weighted by Crippen LogP contribution is -2.50. The molecule has 1 aromatic heterocycles. The summed E-state index contributed by atoms with van der Waals surface area (Å²) < 4.78 is 0. The summed E-state index contributed by atoms with van der Waals surface area (Å²) in [5.41, 5.74) is -0.309. The van der Waals surface area contributed by atoms with Crippen LogP contribution >= 0.6 is 0 Å². The Morgan fingerprint density at radius 1 is 1.29 bits per heavy atom. The van der Waals surface area contributed by atoms with Crippen LogP contribution in [0.2, 0.25) is 0 Å². The molecule has 21 heavy (non-hydrogen) atoms. The molecule has 1 saturated heterocycles. The summed E-state index contributed by atoms with van der Waals surface area (Å²) in [5.74, 6) is -1.10. The van der Waals surface area contributed by atoms with Gasteiger partial charge in [-0.2, -0.15) is 0 Å². The smallest absolute Gasteiger partial charge is 0.335 e. The first-order chi connectivity index (χ1) is 9.83. The normalized spacial score (nSPS) is 17.8. The molecule has 1 amide bonds. The highest BCUT2D eigenvalue weighted by molar-refractivity contribution is 5.92. The molecule has 2 heterocycles. The van der Waals surface area contributed by atoms with Gasteiger partial charge in [0.2, 0.25) is 0 Å². The number of amides is 1. The van der Waals surface area contributed by atoms with Gasteiger partial charge in [0, 0.05) is 32.1 Å². The van der Waals surface area contributed by atoms with Crippen molar-refractivity contribution in [3.8, 4) is 0 Å². The Bertz CT molecular complexity index is 531. The second-order valence-corrected chi connectivity index (χ2v) is 5.76. The van der Waals surface area contributed by atoms with Crippen LogP contribution in [-0.4, -0.2) is 50.7 Å². The number of aliphatic hydroxyl groups is 1. The summed E-state index contributed by atoms with van der Waals surface area (Å²) in [6, 6.07) is 3.57. The molecule has 1 aromatic rings. The summed E-state index contributed by atoms with van der Waals surface area (Å²) in [4.78, 5) is 29.0. The highest BCUT2D eigenvalue weighted by atomic mass is 16.4. The van der Waals surface area contributed by atoms with Crippen LogP contribution in [0.4, 0.5) is 0 Å². The van der Waals surface area contributed by atoms with E-state index in [4.69, 9.17) is 5.11 Å². The van der Waals surface area contributed by atoms with Crippen LogP contribution in [0.3, 0.4) is 0 Å². The van der Waals surface area contributed by atoms with Crippen molar-refractivity contribution in [2.24, 2.45) is 0 Å². The molecule has 6 nitrogen and oxygen atoms in total. The molecule has 0 aromatic carbocycles. The number of rotatable bonds is 3. The van der Waals surface area contributed by atoms with Crippen molar-refractivity contribution in [1.29, 1.82) is 0 Å². The maximum absolute atomic E-state index is 12.3. The Morgan fingerprint density at radius 3 is 2.33 bits per heavy atom. The van der Waals surface area contributed by atoms with Gasteiger partial charge in [0.1, 0.15) is 5.69 Å². The average molecular weight is 292 g/mol. The van der Waals surface area contributed by atoms with Crippen LogP contribution in [0, 0.1) is 0 Å². The van der Waals surface area contributed by atoms with E-state index in [2.05, 4.69) is 18.8 Å². The second-order valence-electron chi connectivity index (χ2n) is 5.76. The molecule has 0 saturated carbocycles. The van der Waals surface area contributed by atoms with Crippen molar-refractivity contribution in [3.05, 3.63) is 29.6 Å².